The number of pyridine rings is 1. The minimum atomic E-state index is -0.661. The first-order valence-corrected chi connectivity index (χ1v) is 3.47. The molecular formula is C7H5FN4O. The van der Waals surface area contributed by atoms with Crippen LogP contribution in [-0.2, 0) is 0 Å². The van der Waals surface area contributed by atoms with Gasteiger partial charge in [-0.1, -0.05) is 5.10 Å². The highest BCUT2D eigenvalue weighted by molar-refractivity contribution is 5.51. The Morgan fingerprint density at radius 2 is 2.23 bits per heavy atom. The Morgan fingerprint density at radius 3 is 2.85 bits per heavy atom. The molecule has 2 aromatic heterocycles. The first kappa shape index (κ1) is 7.66. The molecule has 0 spiro atoms. The van der Waals surface area contributed by atoms with Gasteiger partial charge in [0.2, 0.25) is 5.95 Å². The van der Waals surface area contributed by atoms with Crippen molar-refractivity contribution < 1.29 is 8.81 Å². The molecule has 66 valence electrons. The lowest BCUT2D eigenvalue weighted by Crippen LogP contribution is -1.87. The number of hydrogen-bond donors (Lipinski definition) is 1. The van der Waals surface area contributed by atoms with Crippen LogP contribution in [0.4, 0.5) is 10.4 Å². The quantitative estimate of drug-likeness (QED) is 0.658. The zero-order valence-electron chi connectivity index (χ0n) is 6.44. The molecule has 0 fully saturated rings. The lowest BCUT2D eigenvalue weighted by molar-refractivity contribution is 0.558. The van der Waals surface area contributed by atoms with Crippen molar-refractivity contribution in [3.05, 3.63) is 24.3 Å². The van der Waals surface area contributed by atoms with E-state index in [0.717, 1.165) is 0 Å². The van der Waals surface area contributed by atoms with Crippen molar-refractivity contribution in [2.45, 2.75) is 0 Å². The number of nitrogens with zero attached hydrogens (tertiary/aromatic N) is 3. The van der Waals surface area contributed by atoms with Crippen LogP contribution in [-0.4, -0.2) is 15.2 Å². The Kier molecular flexibility index (Phi) is 1.66. The van der Waals surface area contributed by atoms with Gasteiger partial charge in [-0.25, -0.2) is 4.98 Å². The fraction of sp³-hybridized carbons (Fsp3) is 0. The van der Waals surface area contributed by atoms with E-state index in [9.17, 15) is 4.39 Å². The molecule has 0 unspecified atom stereocenters. The van der Waals surface area contributed by atoms with Crippen LogP contribution in [0.3, 0.4) is 0 Å². The SMILES string of the molecule is Nc1nnc(-c2cccnc2F)o1. The third kappa shape index (κ3) is 1.33. The number of anilines is 1. The zero-order chi connectivity index (χ0) is 9.26. The van der Waals surface area contributed by atoms with E-state index in [-0.39, 0.29) is 17.5 Å². The lowest BCUT2D eigenvalue weighted by atomic mass is 10.3. The first-order chi connectivity index (χ1) is 6.27. The van der Waals surface area contributed by atoms with Gasteiger partial charge in [0.15, 0.2) is 0 Å². The fourth-order valence-corrected chi connectivity index (χ4v) is 0.889. The van der Waals surface area contributed by atoms with Gasteiger partial charge in [-0.3, -0.25) is 0 Å². The minimum Gasteiger partial charge on any atom is -0.403 e. The van der Waals surface area contributed by atoms with Gasteiger partial charge in [-0.15, -0.1) is 5.10 Å². The summed E-state index contributed by atoms with van der Waals surface area (Å²) in [6.07, 6.45) is 1.33. The average Bonchev–Trinajstić information content (AvgIpc) is 2.53. The Morgan fingerprint density at radius 1 is 1.38 bits per heavy atom. The van der Waals surface area contributed by atoms with Crippen LogP contribution in [0, 0.1) is 5.95 Å². The van der Waals surface area contributed by atoms with Crippen molar-refractivity contribution in [1.82, 2.24) is 15.2 Å². The van der Waals surface area contributed by atoms with Crippen LogP contribution < -0.4 is 5.73 Å². The number of nitrogens with two attached hydrogens (primary N) is 1. The molecule has 2 N–H and O–H groups in total. The van der Waals surface area contributed by atoms with E-state index in [1.54, 1.807) is 6.07 Å². The van der Waals surface area contributed by atoms with Gasteiger partial charge in [0.25, 0.3) is 5.89 Å². The number of nitrogen functional groups attached to an aromatic ring is 1. The summed E-state index contributed by atoms with van der Waals surface area (Å²) in [6, 6.07) is 2.95. The van der Waals surface area contributed by atoms with Gasteiger partial charge in [0.1, 0.15) is 0 Å². The number of aromatic nitrogens is 3. The summed E-state index contributed by atoms with van der Waals surface area (Å²) in [6.45, 7) is 0. The van der Waals surface area contributed by atoms with E-state index < -0.39 is 5.95 Å². The van der Waals surface area contributed by atoms with E-state index >= 15 is 0 Å². The predicted molar refractivity (Wildman–Crippen MR) is 41.9 cm³/mol. The molecule has 13 heavy (non-hydrogen) atoms. The highest BCUT2D eigenvalue weighted by atomic mass is 19.1. The number of rotatable bonds is 1. The maximum Gasteiger partial charge on any atom is 0.313 e. The highest BCUT2D eigenvalue weighted by Crippen LogP contribution is 2.19. The molecule has 0 radical (unpaired) electrons. The maximum atomic E-state index is 13.0. The van der Waals surface area contributed by atoms with Crippen LogP contribution >= 0.6 is 0 Å². The van der Waals surface area contributed by atoms with Crippen LogP contribution in [0.2, 0.25) is 0 Å². The van der Waals surface area contributed by atoms with Crippen LogP contribution in [0.15, 0.2) is 22.7 Å². The van der Waals surface area contributed by atoms with Crippen molar-refractivity contribution in [2.24, 2.45) is 0 Å². The monoisotopic (exact) mass is 180 g/mol. The normalized spacial score (nSPS) is 10.2. The van der Waals surface area contributed by atoms with Gasteiger partial charge >= 0.3 is 6.01 Å². The Bertz CT molecular complexity index is 428. The molecule has 0 saturated heterocycles. The molecule has 5 nitrogen and oxygen atoms in total. The van der Waals surface area contributed by atoms with Crippen LogP contribution in [0.25, 0.3) is 11.5 Å². The number of hydrogen-bond acceptors (Lipinski definition) is 5. The second-order valence-electron chi connectivity index (χ2n) is 2.29. The van der Waals surface area contributed by atoms with Gasteiger partial charge in [-0.2, -0.15) is 4.39 Å². The predicted octanol–water partition coefficient (Wildman–Crippen LogP) is 0.853. The van der Waals surface area contributed by atoms with Gasteiger partial charge in [0.05, 0.1) is 5.56 Å². The molecule has 0 aliphatic carbocycles. The third-order valence-electron chi connectivity index (χ3n) is 1.43. The Balaban J connectivity index is 2.52. The molecule has 2 rings (SSSR count). The molecule has 2 aromatic rings. The van der Waals surface area contributed by atoms with Crippen molar-refractivity contribution in [3.63, 3.8) is 0 Å². The maximum absolute atomic E-state index is 13.0. The molecule has 0 bridgehead atoms. The molecule has 2 heterocycles. The molecule has 0 aliphatic rings. The zero-order valence-corrected chi connectivity index (χ0v) is 6.44. The Hall–Kier alpha value is -1.98. The summed E-state index contributed by atoms with van der Waals surface area (Å²) < 4.78 is 17.8. The topological polar surface area (TPSA) is 77.8 Å². The van der Waals surface area contributed by atoms with E-state index in [1.807, 2.05) is 0 Å². The van der Waals surface area contributed by atoms with E-state index in [2.05, 4.69) is 15.2 Å². The smallest absolute Gasteiger partial charge is 0.313 e. The van der Waals surface area contributed by atoms with Gasteiger partial charge in [0, 0.05) is 6.20 Å². The second-order valence-corrected chi connectivity index (χ2v) is 2.29. The minimum absolute atomic E-state index is 0.0306. The van der Waals surface area contributed by atoms with Crippen LogP contribution in [0.5, 0.6) is 0 Å². The van der Waals surface area contributed by atoms with Gasteiger partial charge in [-0.05, 0) is 12.1 Å². The molecular weight excluding hydrogens is 175 g/mol. The Labute approximate surface area is 72.4 Å². The van der Waals surface area contributed by atoms with Gasteiger partial charge < -0.3 is 10.2 Å². The largest absolute Gasteiger partial charge is 0.403 e. The molecule has 6 heteroatoms. The van der Waals surface area contributed by atoms with Crippen molar-refractivity contribution in [3.8, 4) is 11.5 Å². The molecule has 0 aliphatic heterocycles. The first-order valence-electron chi connectivity index (χ1n) is 3.47. The molecule has 0 aromatic carbocycles. The van der Waals surface area contributed by atoms with E-state index in [0.29, 0.717) is 0 Å². The summed E-state index contributed by atoms with van der Waals surface area (Å²) in [5.74, 6) is -0.630. The molecule has 0 amide bonds. The summed E-state index contributed by atoms with van der Waals surface area (Å²) in [4.78, 5) is 3.43. The fourth-order valence-electron chi connectivity index (χ4n) is 0.889. The highest BCUT2D eigenvalue weighted by Gasteiger charge is 2.11. The van der Waals surface area contributed by atoms with Crippen molar-refractivity contribution >= 4 is 6.01 Å². The summed E-state index contributed by atoms with van der Waals surface area (Å²) >= 11 is 0. The van der Waals surface area contributed by atoms with E-state index in [1.165, 1.54) is 12.3 Å². The van der Waals surface area contributed by atoms with Crippen molar-refractivity contribution in [2.75, 3.05) is 5.73 Å². The lowest BCUT2D eigenvalue weighted by Gasteiger charge is -1.93. The molecule has 0 saturated carbocycles. The van der Waals surface area contributed by atoms with E-state index in [4.69, 9.17) is 10.2 Å². The summed E-state index contributed by atoms with van der Waals surface area (Å²) in [5.41, 5.74) is 5.33. The summed E-state index contributed by atoms with van der Waals surface area (Å²) in [5, 5.41) is 6.93. The van der Waals surface area contributed by atoms with Crippen LogP contribution in [0.1, 0.15) is 0 Å². The second kappa shape index (κ2) is 2.81. The average molecular weight is 180 g/mol. The standard InChI is InChI=1S/C7H5FN4O/c8-5-4(2-1-3-10-5)6-11-12-7(9)13-6/h1-3H,(H2,9,12). The van der Waals surface area contributed by atoms with Crippen molar-refractivity contribution in [1.29, 1.82) is 0 Å². The molecule has 0 atom stereocenters. The summed E-state index contributed by atoms with van der Waals surface area (Å²) in [7, 11) is 0. The third-order valence-corrected chi connectivity index (χ3v) is 1.43. The number of halogens is 1.